The number of imidazole rings is 1. The van der Waals surface area contributed by atoms with E-state index in [1.807, 2.05) is 35.8 Å². The second-order valence-corrected chi connectivity index (χ2v) is 4.74. The molecule has 0 atom stereocenters. The first kappa shape index (κ1) is 13.1. The minimum atomic E-state index is -0.184. The lowest BCUT2D eigenvalue weighted by Gasteiger charge is -2.22. The molecule has 96 valence electrons. The first-order valence-electron chi connectivity index (χ1n) is 5.64. The smallest absolute Gasteiger partial charge is 0.129 e. The van der Waals surface area contributed by atoms with E-state index >= 15 is 0 Å². The summed E-state index contributed by atoms with van der Waals surface area (Å²) in [5.74, 6) is 0.762. The molecule has 0 N–H and O–H groups in total. The summed E-state index contributed by atoms with van der Waals surface area (Å²) in [7, 11) is 3.89. The second-order valence-electron chi connectivity index (χ2n) is 4.18. The molecule has 0 aliphatic heterocycles. The maximum Gasteiger partial charge on any atom is 0.129 e. The fourth-order valence-corrected chi connectivity index (χ4v) is 2.44. The molecule has 1 aromatic heterocycles. The van der Waals surface area contributed by atoms with Crippen molar-refractivity contribution in [2.24, 2.45) is 7.05 Å². The normalized spacial score (nSPS) is 10.7. The van der Waals surface area contributed by atoms with Crippen LogP contribution in [-0.4, -0.2) is 16.6 Å². The van der Waals surface area contributed by atoms with Gasteiger partial charge in [0.05, 0.1) is 6.54 Å². The molecule has 0 amide bonds. The van der Waals surface area contributed by atoms with E-state index in [9.17, 15) is 4.39 Å². The number of hydrogen-bond acceptors (Lipinski definition) is 2. The molecule has 2 rings (SSSR count). The molecule has 0 spiro atoms. The fourth-order valence-electron chi connectivity index (χ4n) is 1.88. The Morgan fingerprint density at radius 2 is 2.22 bits per heavy atom. The molecule has 0 fully saturated rings. The highest BCUT2D eigenvalue weighted by molar-refractivity contribution is 9.08. The van der Waals surface area contributed by atoms with Crippen LogP contribution < -0.4 is 4.90 Å². The van der Waals surface area contributed by atoms with Crippen LogP contribution in [0.3, 0.4) is 0 Å². The Bertz CT molecular complexity index is 539. The zero-order chi connectivity index (χ0) is 13.1. The molecule has 1 heterocycles. The van der Waals surface area contributed by atoms with Gasteiger partial charge in [-0.15, -0.1) is 0 Å². The maximum atomic E-state index is 13.7. The van der Waals surface area contributed by atoms with Gasteiger partial charge in [-0.1, -0.05) is 22.0 Å². The van der Waals surface area contributed by atoms with Crippen molar-refractivity contribution in [3.05, 3.63) is 47.8 Å². The van der Waals surface area contributed by atoms with Crippen molar-refractivity contribution in [2.45, 2.75) is 11.9 Å². The summed E-state index contributed by atoms with van der Waals surface area (Å²) in [6.07, 6.45) is 3.67. The van der Waals surface area contributed by atoms with Crippen LogP contribution in [0.5, 0.6) is 0 Å². The van der Waals surface area contributed by atoms with Gasteiger partial charge >= 0.3 is 0 Å². The zero-order valence-corrected chi connectivity index (χ0v) is 12.0. The number of benzene rings is 1. The van der Waals surface area contributed by atoms with Crippen LogP contribution >= 0.6 is 15.9 Å². The molecule has 2 aromatic rings. The second kappa shape index (κ2) is 5.52. The molecule has 0 bridgehead atoms. The van der Waals surface area contributed by atoms with Crippen LogP contribution in [0.1, 0.15) is 11.4 Å². The van der Waals surface area contributed by atoms with E-state index in [0.29, 0.717) is 17.4 Å². The van der Waals surface area contributed by atoms with Gasteiger partial charge in [0.15, 0.2) is 0 Å². The van der Waals surface area contributed by atoms with E-state index in [1.165, 1.54) is 6.07 Å². The van der Waals surface area contributed by atoms with Crippen LogP contribution in [0.4, 0.5) is 10.1 Å². The number of nitrogens with zero attached hydrogens (tertiary/aromatic N) is 3. The van der Waals surface area contributed by atoms with E-state index < -0.39 is 0 Å². The first-order valence-corrected chi connectivity index (χ1v) is 6.76. The third-order valence-electron chi connectivity index (χ3n) is 2.94. The van der Waals surface area contributed by atoms with Gasteiger partial charge in [-0.05, 0) is 12.1 Å². The number of rotatable bonds is 4. The Balaban J connectivity index is 2.26. The molecule has 3 nitrogen and oxygen atoms in total. The maximum absolute atomic E-state index is 13.7. The number of hydrogen-bond donors (Lipinski definition) is 0. The predicted molar refractivity (Wildman–Crippen MR) is 74.3 cm³/mol. The van der Waals surface area contributed by atoms with Crippen LogP contribution in [-0.2, 0) is 18.9 Å². The van der Waals surface area contributed by atoms with Crippen LogP contribution in [0, 0.1) is 5.82 Å². The molecule has 5 heteroatoms. The molecule has 0 radical (unpaired) electrons. The van der Waals surface area contributed by atoms with Crippen molar-refractivity contribution in [1.82, 2.24) is 9.55 Å². The third-order valence-corrected chi connectivity index (χ3v) is 3.50. The highest BCUT2D eigenvalue weighted by Gasteiger charge is 2.12. The molecule has 0 aliphatic rings. The van der Waals surface area contributed by atoms with E-state index in [1.54, 1.807) is 12.3 Å². The summed E-state index contributed by atoms with van der Waals surface area (Å²) >= 11 is 3.33. The van der Waals surface area contributed by atoms with Gasteiger partial charge in [0.1, 0.15) is 11.6 Å². The van der Waals surface area contributed by atoms with Gasteiger partial charge in [-0.3, -0.25) is 0 Å². The molecule has 18 heavy (non-hydrogen) atoms. The monoisotopic (exact) mass is 311 g/mol. The van der Waals surface area contributed by atoms with Crippen LogP contribution in [0.2, 0.25) is 0 Å². The summed E-state index contributed by atoms with van der Waals surface area (Å²) in [4.78, 5) is 6.28. The van der Waals surface area contributed by atoms with Gasteiger partial charge in [-0.2, -0.15) is 0 Å². The molecule has 0 aliphatic carbocycles. The van der Waals surface area contributed by atoms with E-state index in [-0.39, 0.29) is 5.82 Å². The van der Waals surface area contributed by atoms with Gasteiger partial charge in [0, 0.05) is 43.1 Å². The Kier molecular flexibility index (Phi) is 4.01. The average Bonchev–Trinajstić information content (AvgIpc) is 2.74. The topological polar surface area (TPSA) is 21.1 Å². The van der Waals surface area contributed by atoms with Gasteiger partial charge in [-0.25, -0.2) is 9.37 Å². The van der Waals surface area contributed by atoms with Crippen LogP contribution in [0.25, 0.3) is 0 Å². The first-order chi connectivity index (χ1) is 8.63. The van der Waals surface area contributed by atoms with Crippen molar-refractivity contribution in [2.75, 3.05) is 11.9 Å². The number of aromatic nitrogens is 2. The van der Waals surface area contributed by atoms with Gasteiger partial charge < -0.3 is 9.47 Å². The SMILES string of the molecule is CN(Cc1nccn1C)c1cccc(F)c1CBr. The lowest BCUT2D eigenvalue weighted by molar-refractivity contribution is 0.616. The molecule has 0 unspecified atom stereocenters. The van der Waals surface area contributed by atoms with Gasteiger partial charge in [0.2, 0.25) is 0 Å². The van der Waals surface area contributed by atoms with Crippen molar-refractivity contribution < 1.29 is 4.39 Å². The summed E-state index contributed by atoms with van der Waals surface area (Å²) in [6, 6.07) is 5.13. The quantitative estimate of drug-likeness (QED) is 0.809. The van der Waals surface area contributed by atoms with Crippen molar-refractivity contribution >= 4 is 21.6 Å². The highest BCUT2D eigenvalue weighted by atomic mass is 79.9. The number of halogens is 2. The molecule has 0 saturated carbocycles. The minimum Gasteiger partial charge on any atom is -0.367 e. The summed E-state index contributed by atoms with van der Waals surface area (Å²) in [5, 5.41) is 0.500. The van der Waals surface area contributed by atoms with E-state index in [2.05, 4.69) is 20.9 Å². The Hall–Kier alpha value is -1.36. The van der Waals surface area contributed by atoms with Crippen molar-refractivity contribution in [3.63, 3.8) is 0 Å². The zero-order valence-electron chi connectivity index (χ0n) is 10.4. The number of anilines is 1. The summed E-state index contributed by atoms with van der Waals surface area (Å²) in [5.41, 5.74) is 1.56. The Morgan fingerprint density at radius 3 is 2.83 bits per heavy atom. The summed E-state index contributed by atoms with van der Waals surface area (Å²) in [6.45, 7) is 0.646. The molecular weight excluding hydrogens is 297 g/mol. The van der Waals surface area contributed by atoms with E-state index in [4.69, 9.17) is 0 Å². The Morgan fingerprint density at radius 1 is 1.44 bits per heavy atom. The fraction of sp³-hybridized carbons (Fsp3) is 0.308. The molecule has 1 aromatic carbocycles. The third kappa shape index (κ3) is 2.56. The number of aryl methyl sites for hydroxylation is 1. The summed E-state index contributed by atoms with van der Waals surface area (Å²) < 4.78 is 15.7. The molecular formula is C13H15BrFN3. The lowest BCUT2D eigenvalue weighted by atomic mass is 10.1. The molecule has 0 saturated heterocycles. The van der Waals surface area contributed by atoms with E-state index in [0.717, 1.165) is 11.5 Å². The van der Waals surface area contributed by atoms with Crippen LogP contribution in [0.15, 0.2) is 30.6 Å². The average molecular weight is 312 g/mol. The lowest BCUT2D eigenvalue weighted by Crippen LogP contribution is -2.20. The highest BCUT2D eigenvalue weighted by Crippen LogP contribution is 2.25. The van der Waals surface area contributed by atoms with Crippen molar-refractivity contribution in [3.8, 4) is 0 Å². The van der Waals surface area contributed by atoms with Gasteiger partial charge in [0.25, 0.3) is 0 Å². The van der Waals surface area contributed by atoms with Crippen molar-refractivity contribution in [1.29, 1.82) is 0 Å². The predicted octanol–water partition coefficient (Wildman–Crippen LogP) is 3.09. The minimum absolute atomic E-state index is 0.184. The largest absolute Gasteiger partial charge is 0.367 e. The standard InChI is InChI=1S/C13H15BrFN3/c1-17-7-6-16-13(17)9-18(2)12-5-3-4-11(15)10(12)8-14/h3-7H,8-9H2,1-2H3. The number of alkyl halides is 1. The Labute approximate surface area is 114 Å².